The Labute approximate surface area is 117 Å². The zero-order chi connectivity index (χ0) is 15.1. The average Bonchev–Trinajstić information content (AvgIpc) is 2.44. The first-order valence-electron chi connectivity index (χ1n) is 6.21. The van der Waals surface area contributed by atoms with E-state index in [1.807, 2.05) is 6.07 Å². The van der Waals surface area contributed by atoms with Crippen LogP contribution in [0.5, 0.6) is 0 Å². The SMILES string of the molecule is CC[C@@H](NC(=O)N(C)Cc1cccc(C#N)c1)C(=O)O. The summed E-state index contributed by atoms with van der Waals surface area (Å²) in [5, 5.41) is 20.1. The van der Waals surface area contributed by atoms with Gasteiger partial charge in [-0.2, -0.15) is 5.26 Å². The van der Waals surface area contributed by atoms with E-state index in [-0.39, 0.29) is 0 Å². The average molecular weight is 275 g/mol. The van der Waals surface area contributed by atoms with Gasteiger partial charge in [-0.1, -0.05) is 19.1 Å². The van der Waals surface area contributed by atoms with Crippen LogP contribution in [0.2, 0.25) is 0 Å². The van der Waals surface area contributed by atoms with Crippen molar-refractivity contribution in [3.8, 4) is 6.07 Å². The summed E-state index contributed by atoms with van der Waals surface area (Å²) in [5.41, 5.74) is 1.33. The van der Waals surface area contributed by atoms with Gasteiger partial charge in [0.25, 0.3) is 0 Å². The number of urea groups is 1. The monoisotopic (exact) mass is 275 g/mol. The van der Waals surface area contributed by atoms with Crippen LogP contribution in [0.4, 0.5) is 4.79 Å². The third-order valence-corrected chi connectivity index (χ3v) is 2.83. The highest BCUT2D eigenvalue weighted by molar-refractivity contribution is 5.82. The maximum atomic E-state index is 11.9. The Kier molecular flexibility index (Phi) is 5.54. The summed E-state index contributed by atoms with van der Waals surface area (Å²) in [6, 6.07) is 7.60. The molecule has 106 valence electrons. The summed E-state index contributed by atoms with van der Waals surface area (Å²) in [5.74, 6) is -1.05. The second kappa shape index (κ2) is 7.14. The zero-order valence-electron chi connectivity index (χ0n) is 11.5. The van der Waals surface area contributed by atoms with Gasteiger partial charge in [0.1, 0.15) is 6.04 Å². The lowest BCUT2D eigenvalue weighted by molar-refractivity contribution is -0.139. The molecule has 20 heavy (non-hydrogen) atoms. The van der Waals surface area contributed by atoms with Crippen molar-refractivity contribution in [3.63, 3.8) is 0 Å². The van der Waals surface area contributed by atoms with Crippen molar-refractivity contribution in [1.82, 2.24) is 10.2 Å². The molecule has 2 N–H and O–H groups in total. The van der Waals surface area contributed by atoms with Gasteiger partial charge >= 0.3 is 12.0 Å². The number of hydrogen-bond acceptors (Lipinski definition) is 3. The van der Waals surface area contributed by atoms with E-state index >= 15 is 0 Å². The minimum Gasteiger partial charge on any atom is -0.480 e. The molecule has 0 aliphatic heterocycles. The molecule has 0 aromatic heterocycles. The van der Waals surface area contributed by atoms with Crippen molar-refractivity contribution >= 4 is 12.0 Å². The first-order valence-corrected chi connectivity index (χ1v) is 6.21. The molecule has 0 spiro atoms. The molecule has 6 nitrogen and oxygen atoms in total. The number of carbonyl (C=O) groups is 2. The van der Waals surface area contributed by atoms with Crippen LogP contribution in [0.15, 0.2) is 24.3 Å². The summed E-state index contributed by atoms with van der Waals surface area (Å²) in [6.07, 6.45) is 0.318. The molecule has 0 bridgehead atoms. The summed E-state index contributed by atoms with van der Waals surface area (Å²) in [4.78, 5) is 24.1. The summed E-state index contributed by atoms with van der Waals surface area (Å²) < 4.78 is 0. The van der Waals surface area contributed by atoms with E-state index < -0.39 is 18.0 Å². The van der Waals surface area contributed by atoms with Gasteiger partial charge in [0.15, 0.2) is 0 Å². The molecular formula is C14H17N3O3. The second-order valence-electron chi connectivity index (χ2n) is 4.42. The molecule has 0 radical (unpaired) electrons. The molecule has 0 fully saturated rings. The zero-order valence-corrected chi connectivity index (χ0v) is 11.5. The molecule has 6 heteroatoms. The smallest absolute Gasteiger partial charge is 0.326 e. The summed E-state index contributed by atoms with van der Waals surface area (Å²) in [7, 11) is 1.57. The molecule has 0 aliphatic carbocycles. The molecular weight excluding hydrogens is 258 g/mol. The molecule has 0 heterocycles. The Morgan fingerprint density at radius 3 is 2.75 bits per heavy atom. The standard InChI is InChI=1S/C14H17N3O3/c1-3-12(13(18)19)16-14(20)17(2)9-11-6-4-5-10(7-11)8-15/h4-7,12H,3,9H2,1-2H3,(H,16,20)(H,18,19)/t12-/m1/s1. The fraction of sp³-hybridized carbons (Fsp3) is 0.357. The van der Waals surface area contributed by atoms with E-state index in [0.29, 0.717) is 18.5 Å². The van der Waals surface area contributed by atoms with Gasteiger partial charge in [0.05, 0.1) is 11.6 Å². The van der Waals surface area contributed by atoms with Crippen LogP contribution in [0.1, 0.15) is 24.5 Å². The van der Waals surface area contributed by atoms with Crippen LogP contribution in [0.25, 0.3) is 0 Å². The molecule has 1 rings (SSSR count). The fourth-order valence-corrected chi connectivity index (χ4v) is 1.68. The Hall–Kier alpha value is -2.55. The molecule has 0 saturated heterocycles. The number of amides is 2. The Bertz CT molecular complexity index is 537. The van der Waals surface area contributed by atoms with E-state index in [1.54, 1.807) is 38.2 Å². The third kappa shape index (κ3) is 4.28. The highest BCUT2D eigenvalue weighted by Gasteiger charge is 2.19. The predicted octanol–water partition coefficient (Wildman–Crippen LogP) is 1.56. The Balaban J connectivity index is 2.66. The topological polar surface area (TPSA) is 93.4 Å². The minimum absolute atomic E-state index is 0.303. The van der Waals surface area contributed by atoms with Gasteiger partial charge in [-0.3, -0.25) is 0 Å². The van der Waals surface area contributed by atoms with E-state index in [1.165, 1.54) is 4.90 Å². The fourth-order valence-electron chi connectivity index (χ4n) is 1.68. The molecule has 1 atom stereocenters. The largest absolute Gasteiger partial charge is 0.480 e. The Morgan fingerprint density at radius 1 is 1.50 bits per heavy atom. The van der Waals surface area contributed by atoms with E-state index in [4.69, 9.17) is 10.4 Å². The van der Waals surface area contributed by atoms with Gasteiger partial charge < -0.3 is 15.3 Å². The van der Waals surface area contributed by atoms with Gasteiger partial charge in [-0.15, -0.1) is 0 Å². The Morgan fingerprint density at radius 2 is 2.20 bits per heavy atom. The first-order chi connectivity index (χ1) is 9.47. The molecule has 2 amide bonds. The number of benzene rings is 1. The number of carbonyl (C=O) groups excluding carboxylic acids is 1. The molecule has 0 aliphatic rings. The number of nitrogens with one attached hydrogen (secondary N) is 1. The lowest BCUT2D eigenvalue weighted by Gasteiger charge is -2.20. The highest BCUT2D eigenvalue weighted by Crippen LogP contribution is 2.07. The molecule has 0 unspecified atom stereocenters. The van der Waals surface area contributed by atoms with Crippen molar-refractivity contribution < 1.29 is 14.7 Å². The normalized spacial score (nSPS) is 11.2. The number of carboxylic acid groups (broad SMARTS) is 1. The first kappa shape index (κ1) is 15.5. The quantitative estimate of drug-likeness (QED) is 0.852. The number of hydrogen-bond donors (Lipinski definition) is 2. The van der Waals surface area contributed by atoms with Crippen molar-refractivity contribution in [2.75, 3.05) is 7.05 Å². The van der Waals surface area contributed by atoms with Crippen molar-refractivity contribution in [2.45, 2.75) is 25.9 Å². The van der Waals surface area contributed by atoms with Gasteiger partial charge in [-0.25, -0.2) is 9.59 Å². The maximum absolute atomic E-state index is 11.9. The highest BCUT2D eigenvalue weighted by atomic mass is 16.4. The van der Waals surface area contributed by atoms with E-state index in [9.17, 15) is 9.59 Å². The molecule has 1 aromatic carbocycles. The number of aliphatic carboxylic acids is 1. The van der Waals surface area contributed by atoms with E-state index in [2.05, 4.69) is 5.32 Å². The van der Waals surface area contributed by atoms with Crippen molar-refractivity contribution in [2.24, 2.45) is 0 Å². The van der Waals surface area contributed by atoms with E-state index in [0.717, 1.165) is 5.56 Å². The molecule has 1 aromatic rings. The van der Waals surface area contributed by atoms with Crippen molar-refractivity contribution in [1.29, 1.82) is 5.26 Å². The van der Waals surface area contributed by atoms with Gasteiger partial charge in [0, 0.05) is 13.6 Å². The van der Waals surface area contributed by atoms with Crippen LogP contribution in [-0.2, 0) is 11.3 Å². The third-order valence-electron chi connectivity index (χ3n) is 2.83. The lowest BCUT2D eigenvalue weighted by atomic mass is 10.1. The maximum Gasteiger partial charge on any atom is 0.326 e. The van der Waals surface area contributed by atoms with Gasteiger partial charge in [-0.05, 0) is 24.1 Å². The van der Waals surface area contributed by atoms with Crippen molar-refractivity contribution in [3.05, 3.63) is 35.4 Å². The number of nitrogens with zero attached hydrogens (tertiary/aromatic N) is 2. The van der Waals surface area contributed by atoms with Crippen LogP contribution in [0, 0.1) is 11.3 Å². The summed E-state index contributed by atoms with van der Waals surface area (Å²) >= 11 is 0. The van der Waals surface area contributed by atoms with Crippen LogP contribution < -0.4 is 5.32 Å². The van der Waals surface area contributed by atoms with Crippen LogP contribution in [-0.4, -0.2) is 35.1 Å². The summed E-state index contributed by atoms with van der Waals surface area (Å²) in [6.45, 7) is 1.99. The number of carboxylic acids is 1. The number of nitriles is 1. The van der Waals surface area contributed by atoms with Crippen LogP contribution in [0.3, 0.4) is 0 Å². The number of rotatable bonds is 5. The van der Waals surface area contributed by atoms with Crippen LogP contribution >= 0.6 is 0 Å². The lowest BCUT2D eigenvalue weighted by Crippen LogP contribution is -2.46. The minimum atomic E-state index is -1.05. The van der Waals surface area contributed by atoms with Gasteiger partial charge in [0.2, 0.25) is 0 Å². The second-order valence-corrected chi connectivity index (χ2v) is 4.42. The molecule has 0 saturated carbocycles. The predicted molar refractivity (Wildman–Crippen MR) is 72.9 cm³/mol.